The van der Waals surface area contributed by atoms with Crippen LogP contribution in [0.25, 0.3) is 42.0 Å². The van der Waals surface area contributed by atoms with Crippen molar-refractivity contribution in [3.8, 4) is 47.8 Å². The number of urea groups is 1. The molecular formula is C60H59N11O13S4. The van der Waals surface area contributed by atoms with Crippen LogP contribution in [0.15, 0.2) is 192 Å². The van der Waals surface area contributed by atoms with E-state index in [4.69, 9.17) is 10.5 Å². The molecular weight excluding hydrogens is 1210 g/mol. The number of amides is 3. The van der Waals surface area contributed by atoms with Gasteiger partial charge in [-0.15, -0.1) is 22.7 Å². The van der Waals surface area contributed by atoms with E-state index in [1.54, 1.807) is 84.1 Å². The van der Waals surface area contributed by atoms with E-state index in [0.717, 1.165) is 5.56 Å². The summed E-state index contributed by atoms with van der Waals surface area (Å²) in [6.45, 7) is 11.2. The molecule has 0 unspecified atom stereocenters. The standard InChI is InChI=1S/C27H27N5O5S2.C26H23N5O8S2.C7H9N/c1-27(2,3)31-39(36,37)24-15-20(30-26(33)29-16-18-7-5-4-6-8-18)11-14-22(24)23-17-28-25(38-23)19-9-12-21(13-10-19)32(34)35;1-26(2,3)29-41(37,38)23-14-17(28-25(32)39-20-11-9-19(10-12-20)31(35)36)6-13-21(23)22-15-27-24(40-22)16-4-7-18(8-5-16)30(33)34;8-6-7-4-2-1-3-5-7/h4-15,17,31H,16H2,1-3H3,(H2,29,30,33);4-15,29H,1-3H3,(H,28,32);1-5H,6,8H2. The second-order valence-corrected chi connectivity index (χ2v) is 26.4. The van der Waals surface area contributed by atoms with Gasteiger partial charge < -0.3 is 21.1 Å². The molecule has 24 nitrogen and oxygen atoms in total. The van der Waals surface area contributed by atoms with Crippen LogP contribution in [0.4, 0.5) is 38.0 Å². The number of carbonyl (C=O) groups is 2. The Morgan fingerprint density at radius 2 is 0.920 bits per heavy atom. The summed E-state index contributed by atoms with van der Waals surface area (Å²) in [5.41, 5.74) is 8.08. The van der Waals surface area contributed by atoms with Gasteiger partial charge in [-0.25, -0.2) is 45.8 Å². The number of rotatable bonds is 17. The number of hydrogen-bond acceptors (Lipinski definition) is 18. The van der Waals surface area contributed by atoms with E-state index in [-0.39, 0.29) is 38.3 Å². The van der Waals surface area contributed by atoms with Crippen molar-refractivity contribution in [2.75, 3.05) is 10.6 Å². The van der Waals surface area contributed by atoms with Crippen molar-refractivity contribution in [1.82, 2.24) is 24.7 Å². The minimum absolute atomic E-state index is 0.0165. The Kier molecular flexibility index (Phi) is 21.5. The number of carbonyl (C=O) groups excluding carboxylic acids is 2. The maximum atomic E-state index is 13.4. The van der Waals surface area contributed by atoms with E-state index >= 15 is 0 Å². The van der Waals surface area contributed by atoms with E-state index in [0.29, 0.717) is 60.8 Å². The van der Waals surface area contributed by atoms with Gasteiger partial charge in [0.15, 0.2) is 0 Å². The Hall–Kier alpha value is -9.68. The molecule has 0 saturated carbocycles. The highest BCUT2D eigenvalue weighted by molar-refractivity contribution is 7.90. The minimum Gasteiger partial charge on any atom is -0.410 e. The summed E-state index contributed by atoms with van der Waals surface area (Å²) < 4.78 is 64.2. The van der Waals surface area contributed by atoms with Crippen molar-refractivity contribution in [3.05, 3.63) is 224 Å². The summed E-state index contributed by atoms with van der Waals surface area (Å²) in [7, 11) is -8.10. The number of non-ortho nitro benzene ring substituents is 3. The highest BCUT2D eigenvalue weighted by Crippen LogP contribution is 2.39. The first kappa shape index (κ1) is 65.9. The molecule has 7 aromatic carbocycles. The molecule has 9 aromatic rings. The molecule has 3 amide bonds. The van der Waals surface area contributed by atoms with Crippen LogP contribution in [-0.4, -0.2) is 64.8 Å². The first-order valence-electron chi connectivity index (χ1n) is 26.4. The maximum Gasteiger partial charge on any atom is 0.417 e. The molecule has 0 saturated heterocycles. The largest absolute Gasteiger partial charge is 0.417 e. The van der Waals surface area contributed by atoms with Gasteiger partial charge in [0.2, 0.25) is 20.0 Å². The molecule has 0 atom stereocenters. The van der Waals surface area contributed by atoms with Crippen LogP contribution in [0.5, 0.6) is 5.75 Å². The third kappa shape index (κ3) is 18.9. The average molecular weight is 1270 g/mol. The van der Waals surface area contributed by atoms with Gasteiger partial charge in [-0.05, 0) is 113 Å². The molecule has 0 bridgehead atoms. The topological polar surface area (TPSA) is 353 Å². The lowest BCUT2D eigenvalue weighted by Gasteiger charge is -2.22. The molecule has 2 aromatic heterocycles. The number of thiazole rings is 2. The Bertz CT molecular complexity index is 4180. The van der Waals surface area contributed by atoms with Crippen molar-refractivity contribution < 1.29 is 45.9 Å². The number of anilines is 2. The molecule has 456 valence electrons. The Labute approximate surface area is 514 Å². The maximum absolute atomic E-state index is 13.4. The quantitative estimate of drug-likeness (QED) is 0.0364. The van der Waals surface area contributed by atoms with Gasteiger partial charge in [-0.3, -0.25) is 35.7 Å². The number of nitro groups is 3. The highest BCUT2D eigenvalue weighted by Gasteiger charge is 2.29. The van der Waals surface area contributed by atoms with Gasteiger partial charge in [-0.2, -0.15) is 0 Å². The zero-order chi connectivity index (χ0) is 64.0. The number of nitrogens with zero attached hydrogens (tertiary/aromatic N) is 5. The van der Waals surface area contributed by atoms with Gasteiger partial charge >= 0.3 is 12.1 Å². The number of benzene rings is 7. The van der Waals surface area contributed by atoms with Crippen LogP contribution < -0.4 is 35.9 Å². The lowest BCUT2D eigenvalue weighted by Crippen LogP contribution is -2.40. The monoisotopic (exact) mass is 1270 g/mol. The van der Waals surface area contributed by atoms with Crippen LogP contribution in [-0.2, 0) is 33.1 Å². The fourth-order valence-corrected chi connectivity index (χ4v) is 13.3. The normalized spacial score (nSPS) is 11.4. The van der Waals surface area contributed by atoms with Gasteiger partial charge in [-0.1, -0.05) is 72.8 Å². The molecule has 2 heterocycles. The molecule has 0 aliphatic heterocycles. The van der Waals surface area contributed by atoms with Crippen molar-refractivity contribution >= 4 is 83.3 Å². The summed E-state index contributed by atoms with van der Waals surface area (Å²) in [5, 5.41) is 41.8. The summed E-state index contributed by atoms with van der Waals surface area (Å²) in [6.07, 6.45) is 2.13. The van der Waals surface area contributed by atoms with Crippen molar-refractivity contribution in [1.29, 1.82) is 0 Å². The van der Waals surface area contributed by atoms with E-state index in [1.807, 2.05) is 60.7 Å². The summed E-state index contributed by atoms with van der Waals surface area (Å²) in [6, 6.07) is 44.6. The molecule has 0 radical (unpaired) electrons. The minimum atomic E-state index is -4.10. The first-order chi connectivity index (χ1) is 41.6. The third-order valence-electron chi connectivity index (χ3n) is 11.8. The molecule has 7 N–H and O–H groups in total. The van der Waals surface area contributed by atoms with Crippen LogP contribution in [0.2, 0.25) is 0 Å². The lowest BCUT2D eigenvalue weighted by molar-refractivity contribution is -0.385. The zero-order valence-corrected chi connectivity index (χ0v) is 51.3. The average Bonchev–Trinajstić information content (AvgIpc) is 2.46. The van der Waals surface area contributed by atoms with Crippen LogP contribution in [0.3, 0.4) is 0 Å². The van der Waals surface area contributed by atoms with Crippen LogP contribution in [0.1, 0.15) is 52.7 Å². The molecule has 9 rings (SSSR count). The Morgan fingerprint density at radius 3 is 1.30 bits per heavy atom. The molecule has 28 heteroatoms. The first-order valence-corrected chi connectivity index (χ1v) is 31.0. The van der Waals surface area contributed by atoms with Crippen molar-refractivity contribution in [2.45, 2.75) is 75.5 Å². The molecule has 0 aliphatic rings. The molecule has 0 fully saturated rings. The SMILES string of the molecule is CC(C)(C)NS(=O)(=O)c1cc(NC(=O)NCc2ccccc2)ccc1-c1cnc(-c2ccc([N+](=O)[O-])cc2)s1.CC(C)(C)NS(=O)(=O)c1cc(NC(=O)Oc2ccc([N+](=O)[O-])cc2)ccc1-c1cnc(-c2ccc([N+](=O)[O-])cc2)s1.NCc1ccccc1. The van der Waals surface area contributed by atoms with Gasteiger partial charge in [0, 0.05) is 107 Å². The smallest absolute Gasteiger partial charge is 0.410 e. The van der Waals surface area contributed by atoms with E-state index in [9.17, 15) is 56.8 Å². The van der Waals surface area contributed by atoms with E-state index in [2.05, 4.69) is 35.4 Å². The fourth-order valence-electron chi connectivity index (χ4n) is 7.94. The molecule has 88 heavy (non-hydrogen) atoms. The molecule has 0 spiro atoms. The van der Waals surface area contributed by atoms with E-state index in [1.165, 1.54) is 107 Å². The van der Waals surface area contributed by atoms with Gasteiger partial charge in [0.1, 0.15) is 15.8 Å². The third-order valence-corrected chi connectivity index (χ3v) is 17.5. The number of ether oxygens (including phenoxy) is 1. The predicted octanol–water partition coefficient (Wildman–Crippen LogP) is 12.9. The second-order valence-electron chi connectivity index (χ2n) is 21.0. The second kappa shape index (κ2) is 28.7. The lowest BCUT2D eigenvalue weighted by atomic mass is 10.1. The number of nitro benzene ring substituents is 3. The summed E-state index contributed by atoms with van der Waals surface area (Å²) in [5.74, 6) is 0.0513. The predicted molar refractivity (Wildman–Crippen MR) is 339 cm³/mol. The van der Waals surface area contributed by atoms with Crippen LogP contribution >= 0.6 is 22.7 Å². The highest BCUT2D eigenvalue weighted by atomic mass is 32.2. The Balaban J connectivity index is 0.000000222. The molecule has 0 aliphatic carbocycles. The van der Waals surface area contributed by atoms with Gasteiger partial charge in [0.25, 0.3) is 17.1 Å². The van der Waals surface area contributed by atoms with E-state index < -0.39 is 58.0 Å². The number of nitrogens with two attached hydrogens (primary N) is 1. The number of nitrogens with one attached hydrogen (secondary N) is 5. The van der Waals surface area contributed by atoms with Crippen LogP contribution in [0, 0.1) is 30.3 Å². The van der Waals surface area contributed by atoms with Crippen molar-refractivity contribution in [3.63, 3.8) is 0 Å². The summed E-state index contributed by atoms with van der Waals surface area (Å²) in [4.78, 5) is 65.9. The fraction of sp³-hybridized carbons (Fsp3) is 0.167. The summed E-state index contributed by atoms with van der Waals surface area (Å²) >= 11 is 2.45. The number of aromatic nitrogens is 2. The zero-order valence-electron chi connectivity index (χ0n) is 48.0. The van der Waals surface area contributed by atoms with Gasteiger partial charge in [0.05, 0.1) is 34.3 Å². The van der Waals surface area contributed by atoms with Crippen molar-refractivity contribution in [2.24, 2.45) is 5.73 Å². The Morgan fingerprint density at radius 1 is 0.534 bits per heavy atom. The number of sulfonamides is 2. The number of hydrogen-bond donors (Lipinski definition) is 6.